The lowest BCUT2D eigenvalue weighted by Crippen LogP contribution is -2.11. The zero-order chi connectivity index (χ0) is 11.4. The van der Waals surface area contributed by atoms with Gasteiger partial charge in [0, 0.05) is 17.5 Å². The van der Waals surface area contributed by atoms with E-state index in [1.165, 1.54) is 13.0 Å². The van der Waals surface area contributed by atoms with E-state index in [0.29, 0.717) is 16.3 Å². The summed E-state index contributed by atoms with van der Waals surface area (Å²) in [6.07, 6.45) is 0. The summed E-state index contributed by atoms with van der Waals surface area (Å²) in [6, 6.07) is 4.65. The number of nitrogens with one attached hydrogen (secondary N) is 1. The van der Waals surface area contributed by atoms with Gasteiger partial charge in [-0.25, -0.2) is 0 Å². The van der Waals surface area contributed by atoms with Crippen molar-refractivity contribution in [2.45, 2.75) is 6.92 Å². The Morgan fingerprint density at radius 2 is 2.07 bits per heavy atom. The number of hydrogen-bond acceptors (Lipinski definition) is 2. The second-order valence-corrected chi connectivity index (χ2v) is 3.63. The molecule has 0 atom stereocenters. The SMILES string of the molecule is CC(=O)Nc1ccc(Cl)cc1C(=O)CCl. The summed E-state index contributed by atoms with van der Waals surface area (Å²) in [7, 11) is 0. The second kappa shape index (κ2) is 5.14. The van der Waals surface area contributed by atoms with Crippen molar-refractivity contribution in [3.8, 4) is 0 Å². The smallest absolute Gasteiger partial charge is 0.221 e. The molecule has 80 valence electrons. The number of amides is 1. The molecule has 0 aromatic heterocycles. The number of benzene rings is 1. The Labute approximate surface area is 97.4 Å². The number of alkyl halides is 1. The van der Waals surface area contributed by atoms with Gasteiger partial charge in [0.1, 0.15) is 0 Å². The molecule has 0 fully saturated rings. The van der Waals surface area contributed by atoms with Gasteiger partial charge in [0.2, 0.25) is 5.91 Å². The van der Waals surface area contributed by atoms with E-state index in [2.05, 4.69) is 5.32 Å². The summed E-state index contributed by atoms with van der Waals surface area (Å²) in [6.45, 7) is 1.36. The standard InChI is InChI=1S/C10H9Cl2NO2/c1-6(14)13-9-3-2-7(12)4-8(9)10(15)5-11/h2-4H,5H2,1H3,(H,13,14). The molecule has 1 N–H and O–H groups in total. The molecule has 0 spiro atoms. The van der Waals surface area contributed by atoms with E-state index >= 15 is 0 Å². The fraction of sp³-hybridized carbons (Fsp3) is 0.200. The molecule has 1 aromatic carbocycles. The molecule has 0 radical (unpaired) electrons. The van der Waals surface area contributed by atoms with Gasteiger partial charge in [-0.2, -0.15) is 0 Å². The minimum atomic E-state index is -0.275. The van der Waals surface area contributed by atoms with Crippen molar-refractivity contribution in [3.63, 3.8) is 0 Å². The van der Waals surface area contributed by atoms with Crippen molar-refractivity contribution in [1.82, 2.24) is 0 Å². The first-order valence-corrected chi connectivity index (χ1v) is 5.12. The largest absolute Gasteiger partial charge is 0.326 e. The Morgan fingerprint density at radius 1 is 1.40 bits per heavy atom. The van der Waals surface area contributed by atoms with Crippen LogP contribution in [-0.4, -0.2) is 17.6 Å². The summed E-state index contributed by atoms with van der Waals surface area (Å²) in [5.74, 6) is -0.670. The van der Waals surface area contributed by atoms with E-state index < -0.39 is 0 Å². The Hall–Kier alpha value is -1.06. The first-order valence-electron chi connectivity index (χ1n) is 4.21. The molecule has 1 amide bonds. The Kier molecular flexibility index (Phi) is 4.12. The number of Topliss-reactive ketones (excluding diaryl/α,β-unsaturated/α-hetero) is 1. The van der Waals surface area contributed by atoms with Gasteiger partial charge in [0.05, 0.1) is 11.6 Å². The minimum Gasteiger partial charge on any atom is -0.326 e. The fourth-order valence-corrected chi connectivity index (χ4v) is 1.43. The fourth-order valence-electron chi connectivity index (χ4n) is 1.12. The van der Waals surface area contributed by atoms with E-state index in [9.17, 15) is 9.59 Å². The second-order valence-electron chi connectivity index (χ2n) is 2.93. The van der Waals surface area contributed by atoms with Gasteiger partial charge in [-0.05, 0) is 18.2 Å². The van der Waals surface area contributed by atoms with E-state index in [-0.39, 0.29) is 17.6 Å². The molecular weight excluding hydrogens is 237 g/mol. The molecule has 5 heteroatoms. The van der Waals surface area contributed by atoms with Crippen molar-refractivity contribution in [2.24, 2.45) is 0 Å². The van der Waals surface area contributed by atoms with Crippen LogP contribution in [-0.2, 0) is 4.79 Å². The van der Waals surface area contributed by atoms with E-state index in [4.69, 9.17) is 23.2 Å². The molecule has 0 aliphatic rings. The summed E-state index contributed by atoms with van der Waals surface area (Å²) < 4.78 is 0. The number of ketones is 1. The summed E-state index contributed by atoms with van der Waals surface area (Å²) in [4.78, 5) is 22.3. The third-order valence-corrected chi connectivity index (χ3v) is 2.19. The molecule has 0 saturated carbocycles. The van der Waals surface area contributed by atoms with Crippen LogP contribution in [0.1, 0.15) is 17.3 Å². The lowest BCUT2D eigenvalue weighted by molar-refractivity contribution is -0.114. The maximum absolute atomic E-state index is 11.4. The predicted molar refractivity (Wildman–Crippen MR) is 60.8 cm³/mol. The maximum Gasteiger partial charge on any atom is 0.221 e. The third kappa shape index (κ3) is 3.22. The molecule has 3 nitrogen and oxygen atoms in total. The number of halogens is 2. The molecule has 15 heavy (non-hydrogen) atoms. The van der Waals surface area contributed by atoms with Crippen molar-refractivity contribution >= 4 is 40.6 Å². The van der Waals surface area contributed by atoms with Crippen molar-refractivity contribution < 1.29 is 9.59 Å². The van der Waals surface area contributed by atoms with Gasteiger partial charge in [-0.15, -0.1) is 11.6 Å². The predicted octanol–water partition coefficient (Wildman–Crippen LogP) is 2.72. The normalized spacial score (nSPS) is 9.80. The molecule has 0 aliphatic heterocycles. The van der Waals surface area contributed by atoms with Crippen LogP contribution in [0.3, 0.4) is 0 Å². The number of hydrogen-bond donors (Lipinski definition) is 1. The molecular formula is C10H9Cl2NO2. The van der Waals surface area contributed by atoms with E-state index in [1.54, 1.807) is 12.1 Å². The highest BCUT2D eigenvalue weighted by Crippen LogP contribution is 2.21. The van der Waals surface area contributed by atoms with Crippen LogP contribution < -0.4 is 5.32 Å². The monoisotopic (exact) mass is 245 g/mol. The van der Waals surface area contributed by atoms with Crippen LogP contribution in [0.15, 0.2) is 18.2 Å². The number of carbonyl (C=O) groups excluding carboxylic acids is 2. The van der Waals surface area contributed by atoms with Crippen LogP contribution in [0.25, 0.3) is 0 Å². The first kappa shape index (κ1) is 12.0. The van der Waals surface area contributed by atoms with Gasteiger partial charge in [0.15, 0.2) is 5.78 Å². The molecule has 0 aliphatic carbocycles. The van der Waals surface area contributed by atoms with Gasteiger partial charge in [-0.1, -0.05) is 11.6 Å². The van der Waals surface area contributed by atoms with Crippen LogP contribution in [0.5, 0.6) is 0 Å². The lowest BCUT2D eigenvalue weighted by atomic mass is 10.1. The Bertz CT molecular complexity index is 404. The molecule has 1 rings (SSSR count). The molecule has 0 bridgehead atoms. The molecule has 0 heterocycles. The zero-order valence-electron chi connectivity index (χ0n) is 8.01. The van der Waals surface area contributed by atoms with E-state index in [1.807, 2.05) is 0 Å². The number of anilines is 1. The van der Waals surface area contributed by atoms with Crippen molar-refractivity contribution in [1.29, 1.82) is 0 Å². The highest BCUT2D eigenvalue weighted by molar-refractivity contribution is 6.33. The van der Waals surface area contributed by atoms with Gasteiger partial charge < -0.3 is 5.32 Å². The highest BCUT2D eigenvalue weighted by atomic mass is 35.5. The molecule has 0 saturated heterocycles. The average Bonchev–Trinajstić information content (AvgIpc) is 2.19. The van der Waals surface area contributed by atoms with Crippen LogP contribution in [0.2, 0.25) is 5.02 Å². The van der Waals surface area contributed by atoms with Crippen molar-refractivity contribution in [2.75, 3.05) is 11.2 Å². The summed E-state index contributed by atoms with van der Waals surface area (Å²) in [5, 5.41) is 2.97. The van der Waals surface area contributed by atoms with Gasteiger partial charge >= 0.3 is 0 Å². The minimum absolute atomic E-state index is 0.146. The topological polar surface area (TPSA) is 46.2 Å². The Morgan fingerprint density at radius 3 is 2.60 bits per heavy atom. The average molecular weight is 246 g/mol. The molecule has 0 unspecified atom stereocenters. The quantitative estimate of drug-likeness (QED) is 0.658. The van der Waals surface area contributed by atoms with Gasteiger partial charge in [-0.3, -0.25) is 9.59 Å². The first-order chi connectivity index (χ1) is 7.04. The third-order valence-electron chi connectivity index (χ3n) is 1.71. The van der Waals surface area contributed by atoms with Crippen LogP contribution in [0.4, 0.5) is 5.69 Å². The maximum atomic E-state index is 11.4. The highest BCUT2D eigenvalue weighted by Gasteiger charge is 2.11. The van der Waals surface area contributed by atoms with E-state index in [0.717, 1.165) is 0 Å². The molecule has 1 aromatic rings. The van der Waals surface area contributed by atoms with Crippen LogP contribution >= 0.6 is 23.2 Å². The summed E-state index contributed by atoms with van der Waals surface area (Å²) in [5.41, 5.74) is 0.755. The lowest BCUT2D eigenvalue weighted by Gasteiger charge is -2.08. The van der Waals surface area contributed by atoms with Crippen LogP contribution in [0, 0.1) is 0 Å². The zero-order valence-corrected chi connectivity index (χ0v) is 9.52. The van der Waals surface area contributed by atoms with Crippen molar-refractivity contribution in [3.05, 3.63) is 28.8 Å². The number of carbonyl (C=O) groups is 2. The Balaban J connectivity index is 3.14. The van der Waals surface area contributed by atoms with Gasteiger partial charge in [0.25, 0.3) is 0 Å². The number of rotatable bonds is 3. The summed E-state index contributed by atoms with van der Waals surface area (Å²) >= 11 is 11.2.